The van der Waals surface area contributed by atoms with Gasteiger partial charge in [0.05, 0.1) is 18.1 Å². The van der Waals surface area contributed by atoms with Gasteiger partial charge in [0.1, 0.15) is 0 Å². The number of hydrogen-bond acceptors (Lipinski definition) is 4. The van der Waals surface area contributed by atoms with Crippen molar-refractivity contribution in [2.75, 3.05) is 31.2 Å². The number of ether oxygens (including phenoxy) is 1. The molecule has 0 aliphatic carbocycles. The maximum atomic E-state index is 13.3. The van der Waals surface area contributed by atoms with E-state index in [1.807, 2.05) is 0 Å². The Labute approximate surface area is 216 Å². The lowest BCUT2D eigenvalue weighted by molar-refractivity contribution is -0.124. The molecule has 2 N–H and O–H groups in total. The van der Waals surface area contributed by atoms with E-state index >= 15 is 0 Å². The Morgan fingerprint density at radius 3 is 2.78 bits per heavy atom. The fraction of sp³-hybridized carbons (Fsp3) is 0.433. The number of nitrogens with zero attached hydrogens (tertiary/aromatic N) is 1. The van der Waals surface area contributed by atoms with Gasteiger partial charge in [-0.15, -0.1) is 11.3 Å². The van der Waals surface area contributed by atoms with E-state index in [1.165, 1.54) is 34.2 Å². The van der Waals surface area contributed by atoms with E-state index in [9.17, 15) is 4.79 Å². The van der Waals surface area contributed by atoms with Crippen molar-refractivity contribution in [2.45, 2.75) is 51.5 Å². The first-order valence-corrected chi connectivity index (χ1v) is 14.2. The quantitative estimate of drug-likeness (QED) is 0.289. The van der Waals surface area contributed by atoms with Crippen LogP contribution >= 0.6 is 11.3 Å². The van der Waals surface area contributed by atoms with Crippen molar-refractivity contribution in [3.05, 3.63) is 65.2 Å². The molecule has 5 nitrogen and oxygen atoms in total. The molecule has 4 aromatic rings. The van der Waals surface area contributed by atoms with Gasteiger partial charge < -0.3 is 19.9 Å². The predicted octanol–water partition coefficient (Wildman–Crippen LogP) is 6.53. The number of nitrogens with one attached hydrogen (secondary N) is 2. The predicted molar refractivity (Wildman–Crippen MR) is 149 cm³/mol. The van der Waals surface area contributed by atoms with Gasteiger partial charge in [-0.05, 0) is 60.9 Å². The molecule has 0 saturated carbocycles. The molecule has 2 aliphatic heterocycles. The summed E-state index contributed by atoms with van der Waals surface area (Å²) in [4.78, 5) is 20.0. The van der Waals surface area contributed by atoms with Crippen LogP contribution in [0.1, 0.15) is 54.3 Å². The number of benzene rings is 2. The molecule has 1 atom stereocenters. The molecular weight excluding hydrogens is 466 g/mol. The number of carbonyl (C=O) groups excluding carboxylic acids is 1. The van der Waals surface area contributed by atoms with Gasteiger partial charge in [0.15, 0.2) is 0 Å². The lowest BCUT2D eigenvalue weighted by Gasteiger charge is -2.47. The number of aromatic amines is 1. The number of piperidine rings is 1. The summed E-state index contributed by atoms with van der Waals surface area (Å²) in [6, 6.07) is 17.2. The molecule has 0 bridgehead atoms. The third-order valence-corrected chi connectivity index (χ3v) is 9.21. The highest BCUT2D eigenvalue weighted by atomic mass is 32.1. The van der Waals surface area contributed by atoms with Crippen molar-refractivity contribution < 1.29 is 9.53 Å². The zero-order chi connectivity index (χ0) is 24.5. The molecule has 36 heavy (non-hydrogen) atoms. The molecule has 1 spiro atoms. The lowest BCUT2D eigenvalue weighted by Crippen LogP contribution is -2.50. The molecule has 6 heteroatoms. The zero-order valence-corrected chi connectivity index (χ0v) is 21.8. The van der Waals surface area contributed by atoms with Gasteiger partial charge in [0, 0.05) is 52.0 Å². The average Bonchev–Trinajstić information content (AvgIpc) is 3.50. The number of anilines is 1. The van der Waals surface area contributed by atoms with Gasteiger partial charge in [-0.2, -0.15) is 0 Å². The number of para-hydroxylation sites is 1. The van der Waals surface area contributed by atoms with Gasteiger partial charge in [-0.3, -0.25) is 4.79 Å². The number of amides is 1. The highest BCUT2D eigenvalue weighted by Crippen LogP contribution is 2.40. The third-order valence-electron chi connectivity index (χ3n) is 8.12. The van der Waals surface area contributed by atoms with Crippen LogP contribution in [-0.4, -0.2) is 43.2 Å². The molecule has 2 saturated heterocycles. The summed E-state index contributed by atoms with van der Waals surface area (Å²) in [6.45, 7) is 6.24. The van der Waals surface area contributed by atoms with Crippen LogP contribution in [0.4, 0.5) is 5.69 Å². The van der Waals surface area contributed by atoms with Crippen molar-refractivity contribution in [3.63, 3.8) is 0 Å². The zero-order valence-electron chi connectivity index (χ0n) is 21.0. The second kappa shape index (κ2) is 9.91. The number of carbonyl (C=O) groups is 1. The van der Waals surface area contributed by atoms with Gasteiger partial charge in [0.2, 0.25) is 0 Å². The number of hydrogen-bond donors (Lipinski definition) is 2. The van der Waals surface area contributed by atoms with Crippen molar-refractivity contribution >= 4 is 43.9 Å². The van der Waals surface area contributed by atoms with E-state index < -0.39 is 0 Å². The molecule has 1 amide bonds. The standard InChI is InChI=1S/C30H35N3O2S/c1-2-3-6-23(15-22-18-31-26-8-5-4-7-25(22)26)32-29(34)28-16-21-9-10-24(17-27(21)36-28)33-13-11-30(12-14-33)19-35-20-30/h4-5,7-10,16-18,23,31H,2-3,6,11-15,19-20H2,1H3,(H,32,34). The minimum absolute atomic E-state index is 0.0450. The maximum absolute atomic E-state index is 13.3. The lowest BCUT2D eigenvalue weighted by atomic mass is 9.77. The van der Waals surface area contributed by atoms with E-state index in [-0.39, 0.29) is 11.9 Å². The van der Waals surface area contributed by atoms with Crippen LogP contribution in [-0.2, 0) is 11.2 Å². The summed E-state index contributed by atoms with van der Waals surface area (Å²) < 4.78 is 6.67. The SMILES string of the molecule is CCCCC(Cc1c[nH]c2ccccc12)NC(=O)c1cc2ccc(N3CCC4(CC3)COC4)cc2s1. The fourth-order valence-electron chi connectivity index (χ4n) is 5.75. The number of H-pyrrole nitrogens is 1. The molecule has 2 aromatic carbocycles. The van der Waals surface area contributed by atoms with Gasteiger partial charge in [-0.1, -0.05) is 44.0 Å². The average molecular weight is 502 g/mol. The topological polar surface area (TPSA) is 57.4 Å². The Morgan fingerprint density at radius 2 is 2.00 bits per heavy atom. The van der Waals surface area contributed by atoms with Gasteiger partial charge >= 0.3 is 0 Å². The molecule has 2 aliphatic rings. The molecule has 2 fully saturated rings. The van der Waals surface area contributed by atoms with Crippen molar-refractivity contribution in [1.29, 1.82) is 0 Å². The molecular formula is C30H35N3O2S. The van der Waals surface area contributed by atoms with E-state index in [0.29, 0.717) is 5.41 Å². The van der Waals surface area contributed by atoms with Crippen LogP contribution in [0.5, 0.6) is 0 Å². The van der Waals surface area contributed by atoms with Crippen molar-refractivity contribution in [3.8, 4) is 0 Å². The molecule has 6 rings (SSSR count). The Bertz CT molecular complexity index is 1360. The minimum Gasteiger partial charge on any atom is -0.380 e. The summed E-state index contributed by atoms with van der Waals surface area (Å²) in [5.41, 5.74) is 4.13. The van der Waals surface area contributed by atoms with Crippen LogP contribution in [0.15, 0.2) is 54.7 Å². The summed E-state index contributed by atoms with van der Waals surface area (Å²) in [5, 5.41) is 5.76. The van der Waals surface area contributed by atoms with E-state index in [0.717, 1.165) is 67.8 Å². The number of aromatic nitrogens is 1. The monoisotopic (exact) mass is 501 g/mol. The van der Waals surface area contributed by atoms with Crippen LogP contribution in [0.25, 0.3) is 21.0 Å². The normalized spacial score (nSPS) is 18.0. The molecule has 4 heterocycles. The van der Waals surface area contributed by atoms with Crippen LogP contribution in [0.3, 0.4) is 0 Å². The third kappa shape index (κ3) is 4.64. The van der Waals surface area contributed by atoms with Crippen molar-refractivity contribution in [2.24, 2.45) is 5.41 Å². The maximum Gasteiger partial charge on any atom is 0.261 e. The number of thiophene rings is 1. The van der Waals surface area contributed by atoms with Crippen LogP contribution in [0, 0.1) is 5.41 Å². The Morgan fingerprint density at radius 1 is 1.17 bits per heavy atom. The van der Waals surface area contributed by atoms with Crippen LogP contribution in [0.2, 0.25) is 0 Å². The fourth-order valence-corrected chi connectivity index (χ4v) is 6.74. The summed E-state index contributed by atoms with van der Waals surface area (Å²) in [5.74, 6) is 0.0450. The number of fused-ring (bicyclic) bond motifs is 2. The summed E-state index contributed by atoms with van der Waals surface area (Å²) in [6.07, 6.45) is 8.56. The highest BCUT2D eigenvalue weighted by molar-refractivity contribution is 7.20. The summed E-state index contributed by atoms with van der Waals surface area (Å²) >= 11 is 1.61. The van der Waals surface area contributed by atoms with Gasteiger partial charge in [0.25, 0.3) is 5.91 Å². The number of unbranched alkanes of at least 4 members (excludes halogenated alkanes) is 1. The molecule has 2 aromatic heterocycles. The van der Waals surface area contributed by atoms with E-state index in [1.54, 1.807) is 11.3 Å². The first-order valence-electron chi connectivity index (χ1n) is 13.3. The largest absolute Gasteiger partial charge is 0.380 e. The second-order valence-electron chi connectivity index (χ2n) is 10.7. The van der Waals surface area contributed by atoms with Gasteiger partial charge in [-0.25, -0.2) is 0 Å². The number of rotatable bonds is 8. The van der Waals surface area contributed by atoms with E-state index in [4.69, 9.17) is 4.74 Å². The molecule has 0 radical (unpaired) electrons. The minimum atomic E-state index is 0.0450. The smallest absolute Gasteiger partial charge is 0.261 e. The molecule has 1 unspecified atom stereocenters. The summed E-state index contributed by atoms with van der Waals surface area (Å²) in [7, 11) is 0. The first kappa shape index (κ1) is 23.6. The Hall–Kier alpha value is -2.83. The van der Waals surface area contributed by atoms with E-state index in [2.05, 4.69) is 76.9 Å². The highest BCUT2D eigenvalue weighted by Gasteiger charge is 2.41. The first-order chi connectivity index (χ1) is 17.6. The second-order valence-corrected chi connectivity index (χ2v) is 11.8. The van der Waals surface area contributed by atoms with Crippen LogP contribution < -0.4 is 10.2 Å². The molecule has 188 valence electrons. The Kier molecular flexibility index (Phi) is 6.48. The Balaban J connectivity index is 1.16. The van der Waals surface area contributed by atoms with Crippen molar-refractivity contribution in [1.82, 2.24) is 10.3 Å².